The second-order valence-corrected chi connectivity index (χ2v) is 15.4. The predicted octanol–water partition coefficient (Wildman–Crippen LogP) is 1.71. The molecule has 31 heavy (non-hydrogen) atoms. The molecule has 3 rings (SSSR count). The van der Waals surface area contributed by atoms with E-state index in [1.807, 2.05) is 0 Å². The first kappa shape index (κ1) is 25.2. The topological polar surface area (TPSA) is 108 Å². The van der Waals surface area contributed by atoms with Gasteiger partial charge < -0.3 is 4.55 Å². The summed E-state index contributed by atoms with van der Waals surface area (Å²) in [7, 11) is -16.3. The van der Waals surface area contributed by atoms with Crippen LogP contribution in [0.15, 0.2) is 48.8 Å². The van der Waals surface area contributed by atoms with Crippen molar-refractivity contribution in [1.29, 1.82) is 0 Å². The molecular formula is C14H14F6N2O6S2Si. The van der Waals surface area contributed by atoms with Crippen LogP contribution in [0.3, 0.4) is 0 Å². The molecule has 17 heteroatoms. The van der Waals surface area contributed by atoms with Crippen LogP contribution in [0.4, 0.5) is 26.3 Å². The molecule has 0 N–H and O–H groups in total. The number of rotatable bonds is 2. The molecule has 0 spiro atoms. The molecule has 0 atom stereocenters. The molecule has 8 nitrogen and oxygen atoms in total. The summed E-state index contributed by atoms with van der Waals surface area (Å²) in [5.41, 5.74) is -9.93. The quantitative estimate of drug-likeness (QED) is 0.262. The van der Waals surface area contributed by atoms with Crippen LogP contribution in [0.1, 0.15) is 0 Å². The van der Waals surface area contributed by atoms with Gasteiger partial charge in [0, 0.05) is 0 Å². The smallest absolute Gasteiger partial charge is 0.485 e. The zero-order valence-electron chi connectivity index (χ0n) is 15.5. The zero-order chi connectivity index (χ0) is 24.1. The molecule has 0 radical (unpaired) electrons. The Bertz CT molecular complexity index is 1180. The molecule has 0 saturated carbocycles. The average Bonchev–Trinajstić information content (AvgIpc) is 2.78. The minimum atomic E-state index is -6.09. The zero-order valence-corrected chi connectivity index (χ0v) is 18.2. The van der Waals surface area contributed by atoms with Crippen molar-refractivity contribution >= 4 is 28.2 Å². The summed E-state index contributed by atoms with van der Waals surface area (Å²) in [6.07, 6.45) is 3.09. The third-order valence-corrected chi connectivity index (χ3v) is 11.7. The van der Waals surface area contributed by atoms with Gasteiger partial charge in [-0.25, -0.2) is 8.42 Å². The molecule has 0 fully saturated rings. The van der Waals surface area contributed by atoms with E-state index in [1.54, 1.807) is 48.8 Å². The maximum atomic E-state index is 12.9. The Labute approximate surface area is 172 Å². The number of hydrogen-bond donors (Lipinski definition) is 0. The van der Waals surface area contributed by atoms with E-state index in [2.05, 4.69) is 0 Å². The number of pyridine rings is 2. The van der Waals surface area contributed by atoms with Crippen molar-refractivity contribution in [3.8, 4) is 11.4 Å². The first-order valence-electron chi connectivity index (χ1n) is 7.98. The van der Waals surface area contributed by atoms with Crippen molar-refractivity contribution < 1.29 is 60.1 Å². The van der Waals surface area contributed by atoms with Crippen molar-refractivity contribution in [3.05, 3.63) is 48.8 Å². The van der Waals surface area contributed by atoms with Crippen molar-refractivity contribution in [3.63, 3.8) is 0 Å². The van der Waals surface area contributed by atoms with E-state index in [0.29, 0.717) is 11.4 Å². The normalized spacial score (nSPS) is 18.5. The van der Waals surface area contributed by atoms with E-state index in [-0.39, 0.29) is 0 Å². The van der Waals surface area contributed by atoms with Gasteiger partial charge in [-0.1, -0.05) is 0 Å². The van der Waals surface area contributed by atoms with Crippen LogP contribution >= 0.6 is 0 Å². The summed E-state index contributed by atoms with van der Waals surface area (Å²) in [4.78, 5) is 0. The fourth-order valence-electron chi connectivity index (χ4n) is 2.98. The molecule has 0 aromatic carbocycles. The molecule has 0 aliphatic carbocycles. The van der Waals surface area contributed by atoms with Crippen LogP contribution in [-0.4, -0.2) is 40.3 Å². The molecule has 2 aromatic heterocycles. The van der Waals surface area contributed by atoms with Crippen LogP contribution in [0.2, 0.25) is 13.1 Å². The molecule has 0 saturated heterocycles. The van der Waals surface area contributed by atoms with Gasteiger partial charge in [0.1, 0.15) is 0 Å². The van der Waals surface area contributed by atoms with Gasteiger partial charge in [0.15, 0.2) is 10.1 Å². The van der Waals surface area contributed by atoms with Crippen molar-refractivity contribution in [2.24, 2.45) is 0 Å². The second kappa shape index (κ2) is 7.22. The minimum Gasteiger partial charge on any atom is -0.741 e. The van der Waals surface area contributed by atoms with Gasteiger partial charge in [-0.15, -0.1) is 0 Å². The fourth-order valence-corrected chi connectivity index (χ4v) is 9.55. The number of aromatic nitrogens is 2. The third-order valence-electron chi connectivity index (χ3n) is 4.28. The largest absolute Gasteiger partial charge is 0.741 e. The Kier molecular flexibility index (Phi) is 5.87. The predicted molar refractivity (Wildman–Crippen MR) is 92.4 cm³/mol. The van der Waals surface area contributed by atoms with E-state index in [0.717, 1.165) is 0 Å². The van der Waals surface area contributed by atoms with Gasteiger partial charge >= 0.3 is 136 Å². The maximum Gasteiger partial charge on any atom is 0.485 e. The van der Waals surface area contributed by atoms with Gasteiger partial charge in [0.05, 0.1) is 0 Å². The Hall–Kier alpha value is -2.08. The molecule has 3 heterocycles. The molecule has 1 aliphatic rings. The first-order valence-corrected chi connectivity index (χ1v) is 14.1. The van der Waals surface area contributed by atoms with E-state index < -0.39 is 39.2 Å². The Morgan fingerprint density at radius 1 is 0.806 bits per heavy atom. The fraction of sp³-hybridized carbons (Fsp3) is 0.286. The van der Waals surface area contributed by atoms with Crippen LogP contribution in [0.25, 0.3) is 11.4 Å². The van der Waals surface area contributed by atoms with E-state index in [4.69, 9.17) is 16.8 Å². The number of fused-ring (bicyclic) bond motifs is 3. The van der Waals surface area contributed by atoms with Crippen LogP contribution < -0.4 is 8.47 Å². The van der Waals surface area contributed by atoms with E-state index in [1.165, 1.54) is 21.6 Å². The summed E-state index contributed by atoms with van der Waals surface area (Å²) in [5.74, 6) is 0. The maximum absolute atomic E-state index is 12.9. The number of nitrogens with zero attached hydrogens (tertiary/aromatic N) is 2. The standard InChI is InChI=1S/C13H14F3N2O3SSi.CHF3O3S/c1-23(2,21-22(19,20)13(14,15)16)17-9-5-3-7-11(17)12-8-4-6-10-18(12)23;2-1(3,4)8(5,6)7/h3-10H,1-2H3;(H,5,6,7)/q+1;/p-1. The molecule has 0 bridgehead atoms. The number of hydrogen-bond acceptors (Lipinski definition) is 6. The monoisotopic (exact) mass is 512 g/mol. The van der Waals surface area contributed by atoms with E-state index in [9.17, 15) is 34.8 Å². The van der Waals surface area contributed by atoms with Crippen molar-refractivity contribution in [2.45, 2.75) is 24.1 Å². The average molecular weight is 512 g/mol. The van der Waals surface area contributed by atoms with Crippen molar-refractivity contribution in [2.75, 3.05) is 0 Å². The van der Waals surface area contributed by atoms with Crippen molar-refractivity contribution in [1.82, 2.24) is 0 Å². The molecule has 1 aliphatic heterocycles. The van der Waals surface area contributed by atoms with Gasteiger partial charge in [-0.2, -0.15) is 13.2 Å². The minimum absolute atomic E-state index is 0.601. The summed E-state index contributed by atoms with van der Waals surface area (Å²) in [6.45, 7) is 2.87. The molecule has 2 aromatic rings. The van der Waals surface area contributed by atoms with E-state index >= 15 is 0 Å². The third kappa shape index (κ3) is 4.45. The summed E-state index contributed by atoms with van der Waals surface area (Å²) in [5, 5.41) is 0. The van der Waals surface area contributed by atoms with Crippen LogP contribution in [0, 0.1) is 0 Å². The van der Waals surface area contributed by atoms with Crippen LogP contribution in [-0.2, 0) is 24.1 Å². The second-order valence-electron chi connectivity index (χ2n) is 6.88. The van der Waals surface area contributed by atoms with Gasteiger partial charge in [0.2, 0.25) is 0 Å². The summed E-state index contributed by atoms with van der Waals surface area (Å²) < 4.78 is 129. The summed E-state index contributed by atoms with van der Waals surface area (Å²) >= 11 is 0. The Morgan fingerprint density at radius 2 is 1.16 bits per heavy atom. The van der Waals surface area contributed by atoms with Gasteiger partial charge in [0.25, 0.3) is 0 Å². The molecule has 174 valence electrons. The van der Waals surface area contributed by atoms with Gasteiger partial charge in [-0.3, -0.25) is 0 Å². The number of halogens is 6. The molecular weight excluding hydrogens is 498 g/mol. The van der Waals surface area contributed by atoms with Crippen LogP contribution in [0.5, 0.6) is 0 Å². The number of alkyl halides is 6. The Balaban J connectivity index is 0.000000366. The first-order chi connectivity index (χ1) is 13.7. The molecule has 0 unspecified atom stereocenters. The molecule has 0 amide bonds. The van der Waals surface area contributed by atoms with Gasteiger partial charge in [-0.05, 0) is 0 Å². The summed E-state index contributed by atoms with van der Waals surface area (Å²) in [6, 6.07) is 10.1. The Morgan fingerprint density at radius 3 is 1.45 bits per heavy atom. The SMILES string of the molecule is C[Si-]1(C)(OS(=O)(=O)C(F)(F)F)[n+]2ccccc2-c2cccc[n+]21.O=S(=O)([O-])C(F)(F)F.